The van der Waals surface area contributed by atoms with Gasteiger partial charge in [-0.2, -0.15) is 0 Å². The van der Waals surface area contributed by atoms with Crippen LogP contribution in [-0.2, 0) is 4.74 Å². The quantitative estimate of drug-likeness (QED) is 0.816. The minimum Gasteiger partial charge on any atom is -0.444 e. The van der Waals surface area contributed by atoms with Gasteiger partial charge in [-0.25, -0.2) is 4.79 Å². The first kappa shape index (κ1) is 15.3. The first-order valence-electron chi connectivity index (χ1n) is 7.02. The average Bonchev–Trinajstić information content (AvgIpc) is 2.17. The summed E-state index contributed by atoms with van der Waals surface area (Å²) < 4.78 is 5.27. The molecule has 1 rings (SSSR count). The van der Waals surface area contributed by atoms with Crippen LogP contribution in [0.3, 0.4) is 0 Å². The van der Waals surface area contributed by atoms with Crippen LogP contribution in [0.1, 0.15) is 60.3 Å². The fourth-order valence-corrected chi connectivity index (χ4v) is 2.35. The molecular formula is C14H28N2O2. The molecule has 0 bridgehead atoms. The van der Waals surface area contributed by atoms with Gasteiger partial charge in [0, 0.05) is 18.1 Å². The van der Waals surface area contributed by atoms with Crippen molar-refractivity contribution in [2.24, 2.45) is 0 Å². The molecule has 1 aliphatic rings. The highest BCUT2D eigenvalue weighted by Crippen LogP contribution is 2.19. The summed E-state index contributed by atoms with van der Waals surface area (Å²) in [5.41, 5.74) is -0.416. The highest BCUT2D eigenvalue weighted by Gasteiger charge is 2.24. The third-order valence-corrected chi connectivity index (χ3v) is 3.02. The van der Waals surface area contributed by atoms with E-state index in [0.717, 1.165) is 25.7 Å². The number of hydrogen-bond donors (Lipinski definition) is 2. The van der Waals surface area contributed by atoms with E-state index in [2.05, 4.69) is 24.5 Å². The Kier molecular flexibility index (Phi) is 5.45. The minimum absolute atomic E-state index is 0.269. The lowest BCUT2D eigenvalue weighted by atomic mass is 9.91. The maximum absolute atomic E-state index is 11.6. The molecule has 0 aromatic heterocycles. The summed E-state index contributed by atoms with van der Waals surface area (Å²) in [6, 6.07) is 1.40. The summed E-state index contributed by atoms with van der Waals surface area (Å²) in [5.74, 6) is 0. The zero-order valence-corrected chi connectivity index (χ0v) is 12.4. The Morgan fingerprint density at radius 1 is 1.11 bits per heavy atom. The maximum atomic E-state index is 11.6. The highest BCUT2D eigenvalue weighted by atomic mass is 16.6. The Labute approximate surface area is 111 Å². The van der Waals surface area contributed by atoms with E-state index in [4.69, 9.17) is 4.74 Å². The van der Waals surface area contributed by atoms with Gasteiger partial charge in [-0.3, -0.25) is 0 Å². The molecule has 4 nitrogen and oxygen atoms in total. The number of nitrogens with one attached hydrogen (secondary N) is 2. The van der Waals surface area contributed by atoms with Crippen LogP contribution < -0.4 is 10.6 Å². The predicted molar refractivity (Wildman–Crippen MR) is 73.7 cm³/mol. The van der Waals surface area contributed by atoms with Gasteiger partial charge in [-0.05, 0) is 46.5 Å². The largest absolute Gasteiger partial charge is 0.444 e. The van der Waals surface area contributed by atoms with E-state index in [1.165, 1.54) is 0 Å². The second-order valence-corrected chi connectivity index (χ2v) is 6.52. The van der Waals surface area contributed by atoms with Crippen molar-refractivity contribution in [1.82, 2.24) is 10.6 Å². The summed E-state index contributed by atoms with van der Waals surface area (Å²) in [4.78, 5) is 11.6. The Balaban J connectivity index is 2.25. The van der Waals surface area contributed by atoms with Crippen molar-refractivity contribution in [3.8, 4) is 0 Å². The van der Waals surface area contributed by atoms with Gasteiger partial charge in [0.2, 0.25) is 0 Å². The fraction of sp³-hybridized carbons (Fsp3) is 0.929. The Hall–Kier alpha value is -0.770. The first-order valence-corrected chi connectivity index (χ1v) is 7.02. The van der Waals surface area contributed by atoms with E-state index < -0.39 is 5.60 Å². The molecule has 1 amide bonds. The molecule has 0 atom stereocenters. The van der Waals surface area contributed by atoms with Gasteiger partial charge >= 0.3 is 6.09 Å². The topological polar surface area (TPSA) is 50.4 Å². The summed E-state index contributed by atoms with van der Waals surface area (Å²) >= 11 is 0. The van der Waals surface area contributed by atoms with Crippen molar-refractivity contribution < 1.29 is 9.53 Å². The van der Waals surface area contributed by atoms with Crippen molar-refractivity contribution in [1.29, 1.82) is 0 Å². The molecule has 1 aliphatic carbocycles. The van der Waals surface area contributed by atoms with E-state index in [1.807, 2.05) is 20.8 Å². The van der Waals surface area contributed by atoms with E-state index in [-0.39, 0.29) is 12.1 Å². The van der Waals surface area contributed by atoms with E-state index in [1.54, 1.807) is 0 Å². The molecule has 106 valence electrons. The van der Waals surface area contributed by atoms with Gasteiger partial charge in [0.15, 0.2) is 0 Å². The standard InChI is InChI=1S/C14H28N2O2/c1-10(2)15-11-6-8-12(9-7-11)16-13(17)18-14(3,4)5/h10-12,15H,6-9H2,1-5H3,(H,16,17)/t11-,12-. The molecule has 0 aliphatic heterocycles. The van der Waals surface area contributed by atoms with Gasteiger partial charge < -0.3 is 15.4 Å². The molecule has 0 radical (unpaired) electrons. The van der Waals surface area contributed by atoms with E-state index in [9.17, 15) is 4.79 Å². The van der Waals surface area contributed by atoms with Gasteiger partial charge in [-0.1, -0.05) is 13.8 Å². The van der Waals surface area contributed by atoms with Gasteiger partial charge in [0.1, 0.15) is 5.60 Å². The molecule has 0 aromatic rings. The lowest BCUT2D eigenvalue weighted by Gasteiger charge is -2.31. The van der Waals surface area contributed by atoms with Crippen molar-refractivity contribution in [3.63, 3.8) is 0 Å². The monoisotopic (exact) mass is 256 g/mol. The molecule has 0 saturated heterocycles. The molecule has 2 N–H and O–H groups in total. The molecule has 0 aromatic carbocycles. The minimum atomic E-state index is -0.416. The number of alkyl carbamates (subject to hydrolysis) is 1. The zero-order valence-electron chi connectivity index (χ0n) is 12.4. The molecule has 0 heterocycles. The lowest BCUT2D eigenvalue weighted by Crippen LogP contribution is -2.45. The van der Waals surface area contributed by atoms with Crippen LogP contribution in [-0.4, -0.2) is 29.8 Å². The van der Waals surface area contributed by atoms with Crippen molar-refractivity contribution in [2.45, 2.75) is 84.0 Å². The number of hydrogen-bond acceptors (Lipinski definition) is 3. The van der Waals surface area contributed by atoms with Crippen LogP contribution >= 0.6 is 0 Å². The Morgan fingerprint density at radius 3 is 2.06 bits per heavy atom. The molecule has 1 saturated carbocycles. The maximum Gasteiger partial charge on any atom is 0.407 e. The molecule has 4 heteroatoms. The summed E-state index contributed by atoms with van der Waals surface area (Å²) in [5, 5.41) is 6.51. The third-order valence-electron chi connectivity index (χ3n) is 3.02. The van der Waals surface area contributed by atoms with Crippen LogP contribution in [0.5, 0.6) is 0 Å². The third kappa shape index (κ3) is 6.24. The van der Waals surface area contributed by atoms with Gasteiger partial charge in [0.05, 0.1) is 0 Å². The van der Waals surface area contributed by atoms with Crippen LogP contribution in [0, 0.1) is 0 Å². The summed E-state index contributed by atoms with van der Waals surface area (Å²) in [6.45, 7) is 10.00. The van der Waals surface area contributed by atoms with Crippen LogP contribution in [0.25, 0.3) is 0 Å². The average molecular weight is 256 g/mol. The molecule has 0 unspecified atom stereocenters. The number of carbonyl (C=O) groups excluding carboxylic acids is 1. The molecular weight excluding hydrogens is 228 g/mol. The van der Waals surface area contributed by atoms with E-state index in [0.29, 0.717) is 12.1 Å². The SMILES string of the molecule is CC(C)N[C@H]1CC[C@H](NC(=O)OC(C)(C)C)CC1. The first-order chi connectivity index (χ1) is 8.26. The van der Waals surface area contributed by atoms with Crippen LogP contribution in [0.15, 0.2) is 0 Å². The fourth-order valence-electron chi connectivity index (χ4n) is 2.35. The normalized spacial score (nSPS) is 25.0. The van der Waals surface area contributed by atoms with Crippen LogP contribution in [0.2, 0.25) is 0 Å². The van der Waals surface area contributed by atoms with Gasteiger partial charge in [0.25, 0.3) is 0 Å². The lowest BCUT2D eigenvalue weighted by molar-refractivity contribution is 0.0489. The smallest absolute Gasteiger partial charge is 0.407 e. The van der Waals surface area contributed by atoms with E-state index >= 15 is 0 Å². The predicted octanol–water partition coefficient (Wildman–Crippen LogP) is 2.82. The molecule has 1 fully saturated rings. The number of amides is 1. The number of ether oxygens (including phenoxy) is 1. The highest BCUT2D eigenvalue weighted by molar-refractivity contribution is 5.68. The summed E-state index contributed by atoms with van der Waals surface area (Å²) in [7, 11) is 0. The number of rotatable bonds is 3. The van der Waals surface area contributed by atoms with Crippen molar-refractivity contribution in [3.05, 3.63) is 0 Å². The molecule has 0 spiro atoms. The van der Waals surface area contributed by atoms with Crippen LogP contribution in [0.4, 0.5) is 4.79 Å². The second kappa shape index (κ2) is 6.41. The Morgan fingerprint density at radius 2 is 1.61 bits per heavy atom. The summed E-state index contributed by atoms with van der Waals surface area (Å²) in [6.07, 6.45) is 4.02. The Bertz CT molecular complexity index is 263. The van der Waals surface area contributed by atoms with Crippen molar-refractivity contribution in [2.75, 3.05) is 0 Å². The number of carbonyl (C=O) groups is 1. The second-order valence-electron chi connectivity index (χ2n) is 6.52. The molecule has 18 heavy (non-hydrogen) atoms. The van der Waals surface area contributed by atoms with Crippen molar-refractivity contribution >= 4 is 6.09 Å². The zero-order chi connectivity index (χ0) is 13.8. The van der Waals surface area contributed by atoms with Gasteiger partial charge in [-0.15, -0.1) is 0 Å².